The molecule has 1 aromatic rings. The minimum absolute atomic E-state index is 0.158. The van der Waals surface area contributed by atoms with Crippen molar-refractivity contribution in [2.24, 2.45) is 0 Å². The normalized spacial score (nSPS) is 14.6. The molecule has 0 atom stereocenters. The van der Waals surface area contributed by atoms with Crippen molar-refractivity contribution in [1.29, 1.82) is 0 Å². The minimum Gasteiger partial charge on any atom is -0.445 e. The van der Waals surface area contributed by atoms with Gasteiger partial charge in [0.1, 0.15) is 6.61 Å². The van der Waals surface area contributed by atoms with E-state index in [-0.39, 0.29) is 6.61 Å². The molecular formula is C14H18N4O3S2. The number of thioether (sulfide) groups is 1. The van der Waals surface area contributed by atoms with Crippen LogP contribution in [0.15, 0.2) is 17.0 Å². The molecule has 2 heterocycles. The van der Waals surface area contributed by atoms with Crippen LogP contribution in [0.5, 0.6) is 0 Å². The van der Waals surface area contributed by atoms with Crippen LogP contribution >= 0.6 is 23.1 Å². The van der Waals surface area contributed by atoms with Crippen molar-refractivity contribution in [2.45, 2.75) is 4.34 Å². The van der Waals surface area contributed by atoms with Crippen LogP contribution in [0.3, 0.4) is 0 Å². The van der Waals surface area contributed by atoms with Crippen LogP contribution in [0, 0.1) is 11.8 Å². The lowest BCUT2D eigenvalue weighted by atomic mass is 10.4. The van der Waals surface area contributed by atoms with Crippen molar-refractivity contribution >= 4 is 34.3 Å². The molecule has 124 valence electrons. The molecule has 2 rings (SSSR count). The molecule has 0 spiro atoms. The number of aromatic nitrogens is 2. The molecule has 1 saturated heterocycles. The predicted molar refractivity (Wildman–Crippen MR) is 90.8 cm³/mol. The number of morpholine rings is 1. The maximum Gasteiger partial charge on any atom is 0.413 e. The molecule has 1 aliphatic rings. The monoisotopic (exact) mass is 354 g/mol. The van der Waals surface area contributed by atoms with E-state index in [4.69, 9.17) is 9.47 Å². The summed E-state index contributed by atoms with van der Waals surface area (Å²) in [6.07, 6.45) is 0.930. The first kappa shape index (κ1) is 17.7. The largest absolute Gasteiger partial charge is 0.445 e. The van der Waals surface area contributed by atoms with Crippen molar-refractivity contribution in [3.63, 3.8) is 0 Å². The number of anilines is 1. The van der Waals surface area contributed by atoms with E-state index < -0.39 is 6.09 Å². The highest BCUT2D eigenvalue weighted by Crippen LogP contribution is 2.24. The lowest BCUT2D eigenvalue weighted by Gasteiger charge is -2.24. The van der Waals surface area contributed by atoms with E-state index in [2.05, 4.69) is 38.8 Å². The fourth-order valence-corrected chi connectivity index (χ4v) is 3.16. The van der Waals surface area contributed by atoms with E-state index in [1.165, 1.54) is 29.2 Å². The third-order valence-corrected chi connectivity index (χ3v) is 4.60. The van der Waals surface area contributed by atoms with Crippen molar-refractivity contribution in [3.05, 3.63) is 12.7 Å². The lowest BCUT2D eigenvalue weighted by molar-refractivity contribution is 0.0443. The number of nitrogens with one attached hydrogen (secondary N) is 1. The topological polar surface area (TPSA) is 76.6 Å². The van der Waals surface area contributed by atoms with Gasteiger partial charge in [-0.1, -0.05) is 47.6 Å². The van der Waals surface area contributed by atoms with Crippen LogP contribution in [0.1, 0.15) is 0 Å². The van der Waals surface area contributed by atoms with E-state index >= 15 is 0 Å². The van der Waals surface area contributed by atoms with Gasteiger partial charge in [-0.25, -0.2) is 4.79 Å². The fourth-order valence-electron chi connectivity index (χ4n) is 1.65. The van der Waals surface area contributed by atoms with Crippen molar-refractivity contribution in [2.75, 3.05) is 50.5 Å². The quantitative estimate of drug-likeness (QED) is 0.361. The molecule has 1 aromatic heterocycles. The van der Waals surface area contributed by atoms with Gasteiger partial charge in [0.2, 0.25) is 5.13 Å². The Bertz CT molecular complexity index is 576. The highest BCUT2D eigenvalue weighted by atomic mass is 32.2. The van der Waals surface area contributed by atoms with Crippen LogP contribution in [0.2, 0.25) is 0 Å². The number of rotatable bonds is 6. The second-order valence-corrected chi connectivity index (χ2v) is 6.62. The van der Waals surface area contributed by atoms with E-state index in [9.17, 15) is 4.79 Å². The first-order valence-corrected chi connectivity index (χ1v) is 8.85. The Morgan fingerprint density at radius 3 is 3.09 bits per heavy atom. The van der Waals surface area contributed by atoms with Gasteiger partial charge in [0, 0.05) is 13.1 Å². The summed E-state index contributed by atoms with van der Waals surface area (Å²) < 4.78 is 10.8. The maximum atomic E-state index is 11.3. The summed E-state index contributed by atoms with van der Waals surface area (Å²) >= 11 is 2.78. The van der Waals surface area contributed by atoms with E-state index in [0.29, 0.717) is 10.9 Å². The first-order chi connectivity index (χ1) is 11.3. The van der Waals surface area contributed by atoms with E-state index in [0.717, 1.165) is 37.2 Å². The Balaban J connectivity index is 1.66. The highest BCUT2D eigenvalue weighted by Gasteiger charge is 2.09. The second-order valence-electron chi connectivity index (χ2n) is 4.42. The SMILES string of the molecule is C=CCOC(=O)Nc1nnc(SCC#CCN2CCOCC2)s1. The third kappa shape index (κ3) is 7.00. The van der Waals surface area contributed by atoms with Crippen LogP contribution in [-0.4, -0.2) is 66.4 Å². The summed E-state index contributed by atoms with van der Waals surface area (Å²) in [4.78, 5) is 13.6. The Hall–Kier alpha value is -1.60. The Morgan fingerprint density at radius 1 is 1.48 bits per heavy atom. The molecule has 1 fully saturated rings. The molecule has 0 aliphatic carbocycles. The Labute approximate surface area is 143 Å². The van der Waals surface area contributed by atoms with Gasteiger partial charge in [0.15, 0.2) is 4.34 Å². The number of carbonyl (C=O) groups is 1. The molecule has 23 heavy (non-hydrogen) atoms. The van der Waals surface area contributed by atoms with Crippen molar-refractivity contribution in [3.8, 4) is 11.8 Å². The number of nitrogens with zero attached hydrogens (tertiary/aromatic N) is 3. The Kier molecular flexibility index (Phi) is 7.89. The summed E-state index contributed by atoms with van der Waals surface area (Å²) in [6.45, 7) is 7.84. The molecule has 0 bridgehead atoms. The van der Waals surface area contributed by atoms with Gasteiger partial charge in [-0.3, -0.25) is 10.2 Å². The summed E-state index contributed by atoms with van der Waals surface area (Å²) in [5, 5.41) is 10.8. The van der Waals surface area contributed by atoms with Gasteiger partial charge in [0.25, 0.3) is 0 Å². The molecule has 1 N–H and O–H groups in total. The summed E-state index contributed by atoms with van der Waals surface area (Å²) in [5.74, 6) is 6.89. The third-order valence-electron chi connectivity index (χ3n) is 2.75. The molecule has 9 heteroatoms. The molecule has 0 unspecified atom stereocenters. The fraction of sp³-hybridized carbons (Fsp3) is 0.500. The van der Waals surface area contributed by atoms with Crippen LogP contribution < -0.4 is 5.32 Å². The smallest absolute Gasteiger partial charge is 0.413 e. The van der Waals surface area contributed by atoms with Gasteiger partial charge in [-0.05, 0) is 0 Å². The van der Waals surface area contributed by atoms with Crippen LogP contribution in [-0.2, 0) is 9.47 Å². The number of carbonyl (C=O) groups excluding carboxylic acids is 1. The lowest BCUT2D eigenvalue weighted by Crippen LogP contribution is -2.36. The summed E-state index contributed by atoms with van der Waals surface area (Å²) in [7, 11) is 0. The average molecular weight is 354 g/mol. The number of ether oxygens (including phenoxy) is 2. The molecule has 1 aliphatic heterocycles. The molecule has 7 nitrogen and oxygen atoms in total. The number of hydrogen-bond donors (Lipinski definition) is 1. The maximum absolute atomic E-state index is 11.3. The molecule has 0 saturated carbocycles. The van der Waals surface area contributed by atoms with Gasteiger partial charge in [-0.15, -0.1) is 10.2 Å². The molecule has 0 aromatic carbocycles. The highest BCUT2D eigenvalue weighted by molar-refractivity contribution is 8.01. The molecule has 0 radical (unpaired) electrons. The zero-order valence-corrected chi connectivity index (χ0v) is 14.3. The van der Waals surface area contributed by atoms with E-state index in [1.54, 1.807) is 0 Å². The van der Waals surface area contributed by atoms with Crippen LogP contribution in [0.25, 0.3) is 0 Å². The Morgan fingerprint density at radius 2 is 2.30 bits per heavy atom. The number of amides is 1. The molecular weight excluding hydrogens is 336 g/mol. The predicted octanol–water partition coefficient (Wildman–Crippen LogP) is 1.70. The molecule has 1 amide bonds. The zero-order chi connectivity index (χ0) is 16.3. The minimum atomic E-state index is -0.567. The summed E-state index contributed by atoms with van der Waals surface area (Å²) in [6, 6.07) is 0. The first-order valence-electron chi connectivity index (χ1n) is 7.04. The second kappa shape index (κ2) is 10.2. The van der Waals surface area contributed by atoms with E-state index in [1.807, 2.05) is 0 Å². The van der Waals surface area contributed by atoms with Gasteiger partial charge in [-0.2, -0.15) is 0 Å². The van der Waals surface area contributed by atoms with Crippen molar-refractivity contribution in [1.82, 2.24) is 15.1 Å². The average Bonchev–Trinajstić information content (AvgIpc) is 3.01. The zero-order valence-electron chi connectivity index (χ0n) is 12.6. The van der Waals surface area contributed by atoms with Gasteiger partial charge >= 0.3 is 6.09 Å². The van der Waals surface area contributed by atoms with Gasteiger partial charge in [0.05, 0.1) is 25.5 Å². The van der Waals surface area contributed by atoms with Gasteiger partial charge < -0.3 is 9.47 Å². The van der Waals surface area contributed by atoms with Crippen molar-refractivity contribution < 1.29 is 14.3 Å². The summed E-state index contributed by atoms with van der Waals surface area (Å²) in [5.41, 5.74) is 0. The number of hydrogen-bond acceptors (Lipinski definition) is 8. The van der Waals surface area contributed by atoms with Crippen LogP contribution in [0.4, 0.5) is 9.93 Å². The standard InChI is InChI=1S/C14H18N4O3S2/c1-2-8-21-13(19)15-12-16-17-14(23-12)22-11-4-3-5-18-6-9-20-10-7-18/h2H,1,5-11H2,(H,15,16,19).